The first kappa shape index (κ1) is 12.8. The first-order chi connectivity index (χ1) is 9.34. The van der Waals surface area contributed by atoms with Gasteiger partial charge in [-0.25, -0.2) is 0 Å². The van der Waals surface area contributed by atoms with Crippen LogP contribution >= 0.6 is 11.3 Å². The molecule has 0 aromatic carbocycles. The highest BCUT2D eigenvalue weighted by molar-refractivity contribution is 7.08. The minimum atomic E-state index is 0.687. The predicted molar refractivity (Wildman–Crippen MR) is 79.3 cm³/mol. The van der Waals surface area contributed by atoms with Gasteiger partial charge in [-0.15, -0.1) is 0 Å². The molecule has 3 heterocycles. The van der Waals surface area contributed by atoms with Gasteiger partial charge in [0.25, 0.3) is 0 Å². The molecule has 1 aliphatic heterocycles. The summed E-state index contributed by atoms with van der Waals surface area (Å²) >= 11 is 1.72. The van der Waals surface area contributed by atoms with E-state index in [4.69, 9.17) is 0 Å². The van der Waals surface area contributed by atoms with Crippen molar-refractivity contribution in [2.45, 2.75) is 25.4 Å². The summed E-state index contributed by atoms with van der Waals surface area (Å²) < 4.78 is 0. The van der Waals surface area contributed by atoms with Crippen LogP contribution in [-0.2, 0) is 6.54 Å². The summed E-state index contributed by atoms with van der Waals surface area (Å²) in [4.78, 5) is 2.46. The maximum atomic E-state index is 4.22. The van der Waals surface area contributed by atoms with Crippen LogP contribution in [0.3, 0.4) is 0 Å². The summed E-state index contributed by atoms with van der Waals surface area (Å²) in [5.74, 6) is 0. The molecule has 5 heteroatoms. The Morgan fingerprint density at radius 3 is 3.00 bits per heavy atom. The van der Waals surface area contributed by atoms with Crippen molar-refractivity contribution >= 4 is 11.3 Å². The van der Waals surface area contributed by atoms with Crippen molar-refractivity contribution in [3.05, 3.63) is 28.6 Å². The fourth-order valence-corrected chi connectivity index (χ4v) is 3.38. The normalized spacial score (nSPS) is 17.2. The molecule has 0 spiro atoms. The van der Waals surface area contributed by atoms with Gasteiger partial charge in [0.1, 0.15) is 0 Å². The number of rotatable bonds is 4. The molecule has 1 fully saturated rings. The van der Waals surface area contributed by atoms with Crippen LogP contribution in [0.5, 0.6) is 0 Å². The van der Waals surface area contributed by atoms with E-state index in [1.165, 1.54) is 29.7 Å². The lowest BCUT2D eigenvalue weighted by molar-refractivity contribution is 0.192. The topological polar surface area (TPSA) is 44.0 Å². The van der Waals surface area contributed by atoms with Gasteiger partial charge in [0.05, 0.1) is 11.9 Å². The molecule has 0 amide bonds. The van der Waals surface area contributed by atoms with Gasteiger partial charge in [0.15, 0.2) is 0 Å². The van der Waals surface area contributed by atoms with Crippen molar-refractivity contribution in [1.82, 2.24) is 20.4 Å². The number of nitrogens with one attached hydrogen (secondary N) is 2. The van der Waals surface area contributed by atoms with Gasteiger partial charge in [0, 0.05) is 29.1 Å². The van der Waals surface area contributed by atoms with Crippen molar-refractivity contribution in [2.75, 3.05) is 20.1 Å². The number of hydrogen-bond acceptors (Lipinski definition) is 4. The average molecular weight is 276 g/mol. The third-order valence-electron chi connectivity index (χ3n) is 3.88. The Bertz CT molecular complexity index is 499. The zero-order valence-electron chi connectivity index (χ0n) is 11.2. The van der Waals surface area contributed by atoms with Crippen molar-refractivity contribution in [1.29, 1.82) is 0 Å². The Labute approximate surface area is 117 Å². The summed E-state index contributed by atoms with van der Waals surface area (Å²) in [5, 5.41) is 15.0. The number of thiophene rings is 1. The molecule has 102 valence electrons. The molecule has 2 aromatic heterocycles. The minimum absolute atomic E-state index is 0.687. The van der Waals surface area contributed by atoms with Crippen LogP contribution in [0.15, 0.2) is 23.0 Å². The maximum absolute atomic E-state index is 4.22. The number of hydrogen-bond donors (Lipinski definition) is 2. The lowest BCUT2D eigenvalue weighted by atomic mass is 10.0. The van der Waals surface area contributed by atoms with E-state index in [-0.39, 0.29) is 0 Å². The summed E-state index contributed by atoms with van der Waals surface area (Å²) in [6.07, 6.45) is 4.44. The van der Waals surface area contributed by atoms with Crippen molar-refractivity contribution < 1.29 is 0 Å². The van der Waals surface area contributed by atoms with Gasteiger partial charge in [-0.3, -0.25) is 10.00 Å². The highest BCUT2D eigenvalue weighted by Crippen LogP contribution is 2.25. The number of piperidine rings is 1. The van der Waals surface area contributed by atoms with Gasteiger partial charge >= 0.3 is 0 Å². The molecule has 0 saturated carbocycles. The molecule has 4 nitrogen and oxygen atoms in total. The zero-order chi connectivity index (χ0) is 13.1. The van der Waals surface area contributed by atoms with Crippen LogP contribution in [0.2, 0.25) is 0 Å². The maximum Gasteiger partial charge on any atom is 0.0703 e. The molecule has 2 aromatic rings. The number of nitrogens with zero attached hydrogens (tertiary/aromatic N) is 2. The number of aromatic nitrogens is 2. The van der Waals surface area contributed by atoms with E-state index in [0.29, 0.717) is 6.04 Å². The summed E-state index contributed by atoms with van der Waals surface area (Å²) in [6, 6.07) is 2.83. The van der Waals surface area contributed by atoms with Gasteiger partial charge in [-0.2, -0.15) is 16.4 Å². The van der Waals surface area contributed by atoms with Crippen LogP contribution in [0.25, 0.3) is 11.3 Å². The number of H-pyrrole nitrogens is 1. The van der Waals surface area contributed by atoms with Gasteiger partial charge in [0.2, 0.25) is 0 Å². The largest absolute Gasteiger partial charge is 0.317 e. The summed E-state index contributed by atoms with van der Waals surface area (Å²) in [6.45, 7) is 3.24. The zero-order valence-corrected chi connectivity index (χ0v) is 12.0. The summed E-state index contributed by atoms with van der Waals surface area (Å²) in [7, 11) is 2.22. The monoisotopic (exact) mass is 276 g/mol. The lowest BCUT2D eigenvalue weighted by Gasteiger charge is -2.31. The van der Waals surface area contributed by atoms with Crippen LogP contribution in [0.4, 0.5) is 0 Å². The molecular weight excluding hydrogens is 256 g/mol. The van der Waals surface area contributed by atoms with Crippen molar-refractivity contribution in [3.8, 4) is 11.3 Å². The smallest absolute Gasteiger partial charge is 0.0703 e. The highest BCUT2D eigenvalue weighted by Gasteiger charge is 2.19. The van der Waals surface area contributed by atoms with Gasteiger partial charge in [-0.1, -0.05) is 0 Å². The molecule has 2 N–H and O–H groups in total. The summed E-state index contributed by atoms with van der Waals surface area (Å²) in [5.41, 5.74) is 3.71. The standard InChI is InChI=1S/C14H20N4S/c1-18(13-2-5-15-6-3-13)9-12-8-16-17-14(12)11-4-7-19-10-11/h4,7-8,10,13,15H,2-3,5-6,9H2,1H3,(H,16,17). The van der Waals surface area contributed by atoms with Gasteiger partial charge in [-0.05, 0) is 44.4 Å². The molecule has 0 atom stereocenters. The van der Waals surface area contributed by atoms with Crippen LogP contribution in [0, 0.1) is 0 Å². The molecular formula is C14H20N4S. The van der Waals surface area contributed by atoms with Crippen molar-refractivity contribution in [3.63, 3.8) is 0 Å². The third kappa shape index (κ3) is 2.88. The third-order valence-corrected chi connectivity index (χ3v) is 4.56. The lowest BCUT2D eigenvalue weighted by Crippen LogP contribution is -2.40. The van der Waals surface area contributed by atoms with E-state index in [1.54, 1.807) is 11.3 Å². The average Bonchev–Trinajstić information content (AvgIpc) is 3.10. The number of aromatic amines is 1. The van der Waals surface area contributed by atoms with Gasteiger partial charge < -0.3 is 5.32 Å². The first-order valence-corrected chi connectivity index (χ1v) is 7.74. The second-order valence-electron chi connectivity index (χ2n) is 5.18. The second-order valence-corrected chi connectivity index (χ2v) is 5.96. The van der Waals surface area contributed by atoms with E-state index < -0.39 is 0 Å². The van der Waals surface area contributed by atoms with E-state index >= 15 is 0 Å². The van der Waals surface area contributed by atoms with Crippen LogP contribution in [-0.4, -0.2) is 41.3 Å². The molecule has 0 aliphatic carbocycles. The molecule has 0 radical (unpaired) electrons. The predicted octanol–water partition coefficient (Wildman–Crippen LogP) is 2.32. The first-order valence-electron chi connectivity index (χ1n) is 6.80. The van der Waals surface area contributed by atoms with E-state index in [1.807, 2.05) is 6.20 Å². The van der Waals surface area contributed by atoms with Crippen molar-refractivity contribution in [2.24, 2.45) is 0 Å². The molecule has 0 unspecified atom stereocenters. The molecule has 1 aliphatic rings. The SMILES string of the molecule is CN(Cc1cn[nH]c1-c1ccsc1)C1CCNCC1. The van der Waals surface area contributed by atoms with Crippen LogP contribution < -0.4 is 5.32 Å². The molecule has 0 bridgehead atoms. The quantitative estimate of drug-likeness (QED) is 0.901. The fraction of sp³-hybridized carbons (Fsp3) is 0.500. The van der Waals surface area contributed by atoms with E-state index in [0.717, 1.165) is 19.6 Å². The molecule has 3 rings (SSSR count). The Morgan fingerprint density at radius 2 is 2.26 bits per heavy atom. The Kier molecular flexibility index (Phi) is 3.96. The Hall–Kier alpha value is -1.17. The molecule has 19 heavy (non-hydrogen) atoms. The fourth-order valence-electron chi connectivity index (χ4n) is 2.73. The minimum Gasteiger partial charge on any atom is -0.317 e. The van der Waals surface area contributed by atoms with E-state index in [9.17, 15) is 0 Å². The second kappa shape index (κ2) is 5.86. The van der Waals surface area contributed by atoms with E-state index in [2.05, 4.69) is 44.3 Å². The Balaban J connectivity index is 1.71. The highest BCUT2D eigenvalue weighted by atomic mass is 32.1. The Morgan fingerprint density at radius 1 is 1.42 bits per heavy atom. The molecule has 1 saturated heterocycles. The van der Waals surface area contributed by atoms with Crippen LogP contribution in [0.1, 0.15) is 18.4 Å².